The molecule has 1 rings (SSSR count). The molecule has 0 unspecified atom stereocenters. The van der Waals surface area contributed by atoms with Crippen molar-refractivity contribution in [2.45, 2.75) is 38.6 Å². The zero-order chi connectivity index (χ0) is 16.4. The topological polar surface area (TPSA) is 90.7 Å². The Hall–Kier alpha value is -1.46. The fraction of sp³-hybridized carbons (Fsp3) is 0.733. The molecule has 0 radical (unpaired) electrons. The van der Waals surface area contributed by atoms with Gasteiger partial charge in [-0.05, 0) is 26.4 Å². The molecule has 22 heavy (non-hydrogen) atoms. The van der Waals surface area contributed by atoms with E-state index in [1.54, 1.807) is 0 Å². The molecule has 1 amide bonds. The lowest BCUT2D eigenvalue weighted by Crippen LogP contribution is -2.52. The van der Waals surface area contributed by atoms with Crippen molar-refractivity contribution in [2.24, 2.45) is 5.84 Å². The predicted octanol–water partition coefficient (Wildman–Crippen LogP) is -0.750. The van der Waals surface area contributed by atoms with Crippen LogP contribution < -0.4 is 16.7 Å². The summed E-state index contributed by atoms with van der Waals surface area (Å²) in [5.74, 6) is 11.2. The third-order valence-electron chi connectivity index (χ3n) is 3.69. The smallest absolute Gasteiger partial charge is 0.252 e. The van der Waals surface area contributed by atoms with Crippen LogP contribution in [0.1, 0.15) is 32.6 Å². The molecule has 7 heteroatoms. The van der Waals surface area contributed by atoms with Crippen molar-refractivity contribution in [3.8, 4) is 11.8 Å². The van der Waals surface area contributed by atoms with Crippen molar-refractivity contribution >= 4 is 11.7 Å². The van der Waals surface area contributed by atoms with Gasteiger partial charge < -0.3 is 0 Å². The molecule has 1 atom stereocenters. The van der Waals surface area contributed by atoms with Crippen LogP contribution in [0.2, 0.25) is 0 Å². The van der Waals surface area contributed by atoms with Crippen LogP contribution in [0.5, 0.6) is 0 Å². The molecule has 0 fully saturated rings. The number of hydrogen-bond acceptors (Lipinski definition) is 6. The number of nitrogens with one attached hydrogen (secondary N) is 2. The maximum atomic E-state index is 12.1. The number of carbonyl (C=O) groups excluding carboxylic acids is 2. The van der Waals surface area contributed by atoms with Crippen molar-refractivity contribution in [3.63, 3.8) is 0 Å². The van der Waals surface area contributed by atoms with E-state index in [0.29, 0.717) is 13.0 Å². The molecule has 0 aromatic carbocycles. The molecule has 0 bridgehead atoms. The minimum atomic E-state index is -0.270. The highest BCUT2D eigenvalue weighted by Gasteiger charge is 2.19. The number of hydrogen-bond donors (Lipinski definition) is 3. The van der Waals surface area contributed by atoms with Gasteiger partial charge in [-0.2, -0.15) is 5.53 Å². The van der Waals surface area contributed by atoms with Gasteiger partial charge in [-0.1, -0.05) is 25.2 Å². The third-order valence-corrected chi connectivity index (χ3v) is 3.69. The van der Waals surface area contributed by atoms with Gasteiger partial charge in [-0.15, -0.1) is 0 Å². The lowest BCUT2D eigenvalue weighted by Gasteiger charge is -2.22. The van der Waals surface area contributed by atoms with Crippen molar-refractivity contribution < 1.29 is 9.59 Å². The number of amides is 1. The second kappa shape index (κ2) is 10.3. The van der Waals surface area contributed by atoms with Gasteiger partial charge in [-0.25, -0.2) is 0 Å². The predicted molar refractivity (Wildman–Crippen MR) is 85.2 cm³/mol. The van der Waals surface area contributed by atoms with Crippen molar-refractivity contribution in [2.75, 3.05) is 33.2 Å². The summed E-state index contributed by atoms with van der Waals surface area (Å²) < 4.78 is 0. The molecule has 0 aromatic heterocycles. The van der Waals surface area contributed by atoms with Gasteiger partial charge in [-0.3, -0.25) is 30.7 Å². The molecular weight excluding hydrogens is 282 g/mol. The first kappa shape index (κ1) is 18.6. The van der Waals surface area contributed by atoms with Crippen molar-refractivity contribution in [1.29, 1.82) is 0 Å². The van der Waals surface area contributed by atoms with Crippen LogP contribution in [0, 0.1) is 11.8 Å². The van der Waals surface area contributed by atoms with E-state index in [2.05, 4.69) is 27.6 Å². The minimum absolute atomic E-state index is 0.0716. The number of carbonyl (C=O) groups is 2. The Kier molecular flexibility index (Phi) is 8.70. The third kappa shape index (κ3) is 6.54. The Morgan fingerprint density at radius 3 is 2.82 bits per heavy atom. The summed E-state index contributed by atoms with van der Waals surface area (Å²) in [7, 11) is 2.01. The minimum Gasteiger partial charge on any atom is -0.299 e. The van der Waals surface area contributed by atoms with Gasteiger partial charge >= 0.3 is 0 Å². The van der Waals surface area contributed by atoms with Crippen LogP contribution in [0.25, 0.3) is 0 Å². The van der Waals surface area contributed by atoms with E-state index in [0.717, 1.165) is 25.8 Å². The first-order valence-electron chi connectivity index (χ1n) is 7.75. The molecule has 1 heterocycles. The van der Waals surface area contributed by atoms with Crippen LogP contribution >= 0.6 is 0 Å². The average molecular weight is 309 g/mol. The molecule has 1 aliphatic heterocycles. The van der Waals surface area contributed by atoms with Crippen LogP contribution in [0.4, 0.5) is 0 Å². The lowest BCUT2D eigenvalue weighted by atomic mass is 10.0. The zero-order valence-corrected chi connectivity index (χ0v) is 13.5. The van der Waals surface area contributed by atoms with Gasteiger partial charge in [0.25, 0.3) is 5.91 Å². The molecule has 7 nitrogen and oxygen atoms in total. The summed E-state index contributed by atoms with van der Waals surface area (Å²) in [5, 5.41) is 4.30. The Morgan fingerprint density at radius 1 is 1.41 bits per heavy atom. The van der Waals surface area contributed by atoms with Crippen LogP contribution in [0.15, 0.2) is 0 Å². The van der Waals surface area contributed by atoms with Gasteiger partial charge in [0.1, 0.15) is 5.78 Å². The van der Waals surface area contributed by atoms with Crippen LogP contribution in [-0.4, -0.2) is 60.9 Å². The van der Waals surface area contributed by atoms with Gasteiger partial charge in [0.05, 0.1) is 25.7 Å². The molecule has 4 N–H and O–H groups in total. The summed E-state index contributed by atoms with van der Waals surface area (Å²) in [6.45, 7) is 3.73. The molecule has 124 valence electrons. The van der Waals surface area contributed by atoms with E-state index in [4.69, 9.17) is 5.84 Å². The highest BCUT2D eigenvalue weighted by atomic mass is 16.2. The lowest BCUT2D eigenvalue weighted by molar-refractivity contribution is -0.133. The van der Waals surface area contributed by atoms with E-state index in [1.165, 1.54) is 5.01 Å². The largest absolute Gasteiger partial charge is 0.299 e. The fourth-order valence-corrected chi connectivity index (χ4v) is 2.27. The number of nitrogens with two attached hydrogens (primary N) is 1. The molecular formula is C15H27N5O2. The zero-order valence-electron chi connectivity index (χ0n) is 13.5. The highest BCUT2D eigenvalue weighted by molar-refractivity contribution is 5.85. The second-order valence-corrected chi connectivity index (χ2v) is 5.45. The molecule has 0 aromatic rings. The maximum Gasteiger partial charge on any atom is 0.252 e. The van der Waals surface area contributed by atoms with Crippen molar-refractivity contribution in [3.05, 3.63) is 0 Å². The standard InChI is InChI=1S/C15H27N5O2/c1-3-14(21)13-8-4-5-9-19(2)10-6-7-11-20(18-16)15(22)12-17-13/h13,17-18H,3-5,8-12,16H2,1-2H3/t13-/m0/s1. The summed E-state index contributed by atoms with van der Waals surface area (Å²) >= 11 is 0. The fourth-order valence-electron chi connectivity index (χ4n) is 2.27. The van der Waals surface area contributed by atoms with Gasteiger partial charge in [0.15, 0.2) is 0 Å². The summed E-state index contributed by atoms with van der Waals surface area (Å²) in [6.07, 6.45) is 3.16. The van der Waals surface area contributed by atoms with E-state index in [-0.39, 0.29) is 30.8 Å². The Labute approximate surface area is 132 Å². The molecule has 0 saturated carbocycles. The normalized spacial score (nSPS) is 22.6. The monoisotopic (exact) mass is 309 g/mol. The summed E-state index contributed by atoms with van der Waals surface area (Å²) in [5.41, 5.74) is 2.35. The maximum absolute atomic E-state index is 12.1. The van der Waals surface area contributed by atoms with E-state index in [9.17, 15) is 9.59 Å². The summed E-state index contributed by atoms with van der Waals surface area (Å²) in [6, 6.07) is -0.270. The average Bonchev–Trinajstić information content (AvgIpc) is 2.52. The first-order valence-corrected chi connectivity index (χ1v) is 7.75. The van der Waals surface area contributed by atoms with E-state index < -0.39 is 0 Å². The van der Waals surface area contributed by atoms with Crippen LogP contribution in [-0.2, 0) is 9.59 Å². The number of hydrazine groups is 2. The second-order valence-electron chi connectivity index (χ2n) is 5.45. The van der Waals surface area contributed by atoms with E-state index >= 15 is 0 Å². The molecule has 0 saturated heterocycles. The SMILES string of the molecule is CCC(=O)[C@@H]1CCCCN(C)CC#CCN(NN)C(=O)CN1. The van der Waals surface area contributed by atoms with Crippen LogP contribution in [0.3, 0.4) is 0 Å². The molecule has 0 spiro atoms. The van der Waals surface area contributed by atoms with Crippen molar-refractivity contribution in [1.82, 2.24) is 20.8 Å². The number of rotatable bonds is 3. The highest BCUT2D eigenvalue weighted by Crippen LogP contribution is 2.05. The van der Waals surface area contributed by atoms with E-state index in [1.807, 2.05) is 14.0 Å². The summed E-state index contributed by atoms with van der Waals surface area (Å²) in [4.78, 5) is 26.2. The Balaban J connectivity index is 2.74. The number of Topliss-reactive ketones (excluding diaryl/α,β-unsaturated/α-hetero) is 1. The first-order chi connectivity index (χ1) is 10.6. The number of nitrogens with zero attached hydrogens (tertiary/aromatic N) is 2. The Bertz CT molecular complexity index is 429. The molecule has 0 aliphatic carbocycles. The van der Waals surface area contributed by atoms with Gasteiger partial charge in [0, 0.05) is 6.42 Å². The Morgan fingerprint density at radius 2 is 2.14 bits per heavy atom. The number of ketones is 1. The molecule has 1 aliphatic rings. The van der Waals surface area contributed by atoms with Gasteiger partial charge in [0.2, 0.25) is 0 Å². The quantitative estimate of drug-likeness (QED) is 0.361.